The van der Waals surface area contributed by atoms with Gasteiger partial charge in [0.2, 0.25) is 0 Å². The van der Waals surface area contributed by atoms with E-state index in [4.69, 9.17) is 11.6 Å². The quantitative estimate of drug-likeness (QED) is 0.608. The Morgan fingerprint density at radius 1 is 1.05 bits per heavy atom. The first-order valence-electron chi connectivity index (χ1n) is 7.42. The van der Waals surface area contributed by atoms with E-state index in [2.05, 4.69) is 84.2 Å². The molecule has 0 saturated carbocycles. The highest BCUT2D eigenvalue weighted by molar-refractivity contribution is 14.1. The molecule has 1 nitrogen and oxygen atoms in total. The van der Waals surface area contributed by atoms with Crippen molar-refractivity contribution in [3.8, 4) is 0 Å². The first-order chi connectivity index (χ1) is 10.2. The van der Waals surface area contributed by atoms with Crippen molar-refractivity contribution in [1.82, 2.24) is 5.32 Å². The number of aryl methyl sites for hydroxylation is 1. The molecule has 0 amide bonds. The second kappa shape index (κ2) is 8.16. The molecular formula is C18H21ClIN. The number of hydrogen-bond donors (Lipinski definition) is 1. The smallest absolute Gasteiger partial charge is 0.0577 e. The lowest BCUT2D eigenvalue weighted by molar-refractivity contribution is 0.630. The van der Waals surface area contributed by atoms with Crippen LogP contribution in [0.15, 0.2) is 42.5 Å². The van der Waals surface area contributed by atoms with Crippen molar-refractivity contribution in [2.75, 3.05) is 6.54 Å². The molecule has 1 N–H and O–H groups in total. The summed E-state index contributed by atoms with van der Waals surface area (Å²) in [6.45, 7) is 5.26. The Balaban J connectivity index is 2.31. The summed E-state index contributed by atoms with van der Waals surface area (Å²) in [6.07, 6.45) is 2.32. The molecule has 0 spiro atoms. The Bertz CT molecular complexity index is 580. The van der Waals surface area contributed by atoms with Crippen LogP contribution in [0.4, 0.5) is 0 Å². The highest BCUT2D eigenvalue weighted by atomic mass is 127. The van der Waals surface area contributed by atoms with E-state index < -0.39 is 0 Å². The second-order valence-corrected chi connectivity index (χ2v) is 6.73. The maximum absolute atomic E-state index is 6.28. The van der Waals surface area contributed by atoms with Crippen LogP contribution in [-0.2, 0) is 6.42 Å². The van der Waals surface area contributed by atoms with Gasteiger partial charge in [0.05, 0.1) is 11.1 Å². The summed E-state index contributed by atoms with van der Waals surface area (Å²) in [5, 5.41) is 4.37. The fourth-order valence-corrected chi connectivity index (χ4v) is 3.01. The first-order valence-corrected chi connectivity index (χ1v) is 8.88. The minimum absolute atomic E-state index is 0.195. The van der Waals surface area contributed by atoms with Crippen molar-refractivity contribution < 1.29 is 0 Å². The first kappa shape index (κ1) is 16.8. The zero-order chi connectivity index (χ0) is 15.2. The van der Waals surface area contributed by atoms with E-state index in [0.29, 0.717) is 0 Å². The molecular weight excluding hydrogens is 393 g/mol. The summed E-state index contributed by atoms with van der Waals surface area (Å²) in [5.74, 6) is 0. The third-order valence-corrected chi connectivity index (χ3v) is 5.11. The second-order valence-electron chi connectivity index (χ2n) is 5.16. The van der Waals surface area contributed by atoms with Gasteiger partial charge in [0.1, 0.15) is 0 Å². The van der Waals surface area contributed by atoms with Crippen LogP contribution in [0.2, 0.25) is 5.02 Å². The Morgan fingerprint density at radius 2 is 1.71 bits per heavy atom. The van der Waals surface area contributed by atoms with Gasteiger partial charge in [-0.1, -0.05) is 62.2 Å². The van der Waals surface area contributed by atoms with Crippen LogP contribution < -0.4 is 5.32 Å². The number of hydrogen-bond acceptors (Lipinski definition) is 1. The lowest BCUT2D eigenvalue weighted by Crippen LogP contribution is -2.22. The highest BCUT2D eigenvalue weighted by Gasteiger charge is 2.14. The highest BCUT2D eigenvalue weighted by Crippen LogP contribution is 2.27. The lowest BCUT2D eigenvalue weighted by atomic mass is 9.97. The lowest BCUT2D eigenvalue weighted by Gasteiger charge is -2.20. The zero-order valence-corrected chi connectivity index (χ0v) is 15.4. The molecule has 0 aliphatic heterocycles. The number of halogens is 2. The summed E-state index contributed by atoms with van der Waals surface area (Å²) < 4.78 is 1.09. The van der Waals surface area contributed by atoms with Crippen molar-refractivity contribution in [3.05, 3.63) is 67.7 Å². The molecule has 0 aliphatic rings. The van der Waals surface area contributed by atoms with Gasteiger partial charge in [-0.3, -0.25) is 0 Å². The molecule has 3 heteroatoms. The van der Waals surface area contributed by atoms with Crippen molar-refractivity contribution in [3.63, 3.8) is 0 Å². The summed E-state index contributed by atoms with van der Waals surface area (Å²) in [5.41, 5.74) is 3.90. The Kier molecular flexibility index (Phi) is 6.52. The average Bonchev–Trinajstić information content (AvgIpc) is 2.49. The standard InChI is InChI=1S/C18H21ClIN/c1-3-5-13-6-8-14(9-7-13)18(21-4-2)15-10-11-17(20)16(19)12-15/h6-12,18,21H,3-5H2,1-2H3. The van der Waals surface area contributed by atoms with Gasteiger partial charge in [0, 0.05) is 3.57 Å². The molecule has 112 valence electrons. The van der Waals surface area contributed by atoms with Gasteiger partial charge in [0.15, 0.2) is 0 Å². The molecule has 1 atom stereocenters. The van der Waals surface area contributed by atoms with Gasteiger partial charge in [-0.2, -0.15) is 0 Å². The van der Waals surface area contributed by atoms with E-state index in [1.165, 1.54) is 23.1 Å². The van der Waals surface area contributed by atoms with Crippen LogP contribution in [0, 0.1) is 3.57 Å². The third kappa shape index (κ3) is 4.44. The minimum atomic E-state index is 0.195. The number of rotatable bonds is 6. The zero-order valence-electron chi connectivity index (χ0n) is 12.5. The molecule has 0 radical (unpaired) electrons. The van der Waals surface area contributed by atoms with E-state index in [1.54, 1.807) is 0 Å². The molecule has 2 aromatic carbocycles. The molecule has 0 bridgehead atoms. The van der Waals surface area contributed by atoms with Crippen LogP contribution in [-0.4, -0.2) is 6.54 Å². The van der Waals surface area contributed by atoms with Crippen LogP contribution in [0.3, 0.4) is 0 Å². The fraction of sp³-hybridized carbons (Fsp3) is 0.333. The van der Waals surface area contributed by atoms with Crippen LogP contribution in [0.1, 0.15) is 43.0 Å². The molecule has 2 rings (SSSR count). The topological polar surface area (TPSA) is 12.0 Å². The molecule has 2 aromatic rings. The van der Waals surface area contributed by atoms with Gasteiger partial charge in [-0.05, 0) is 64.4 Å². The van der Waals surface area contributed by atoms with Crippen molar-refractivity contribution in [1.29, 1.82) is 0 Å². The molecule has 0 fully saturated rings. The number of nitrogens with one attached hydrogen (secondary N) is 1. The van der Waals surface area contributed by atoms with Crippen LogP contribution in [0.25, 0.3) is 0 Å². The summed E-state index contributed by atoms with van der Waals surface area (Å²) in [6, 6.07) is 15.4. The minimum Gasteiger partial charge on any atom is -0.307 e. The predicted molar refractivity (Wildman–Crippen MR) is 100 cm³/mol. The summed E-state index contributed by atoms with van der Waals surface area (Å²) >= 11 is 8.54. The van der Waals surface area contributed by atoms with Crippen LogP contribution in [0.5, 0.6) is 0 Å². The van der Waals surface area contributed by atoms with Crippen molar-refractivity contribution in [2.24, 2.45) is 0 Å². The molecule has 0 saturated heterocycles. The van der Waals surface area contributed by atoms with Gasteiger partial charge in [-0.25, -0.2) is 0 Å². The van der Waals surface area contributed by atoms with E-state index >= 15 is 0 Å². The van der Waals surface area contributed by atoms with Crippen LogP contribution >= 0.6 is 34.2 Å². The largest absolute Gasteiger partial charge is 0.307 e. The Labute approximate surface area is 146 Å². The molecule has 21 heavy (non-hydrogen) atoms. The van der Waals surface area contributed by atoms with Gasteiger partial charge < -0.3 is 5.32 Å². The maximum Gasteiger partial charge on any atom is 0.0577 e. The Morgan fingerprint density at radius 3 is 2.29 bits per heavy atom. The normalized spacial score (nSPS) is 12.4. The predicted octanol–water partition coefficient (Wildman–Crippen LogP) is 5.60. The summed E-state index contributed by atoms with van der Waals surface area (Å²) in [4.78, 5) is 0. The molecule has 1 unspecified atom stereocenters. The van der Waals surface area contributed by atoms with Gasteiger partial charge >= 0.3 is 0 Å². The summed E-state index contributed by atoms with van der Waals surface area (Å²) in [7, 11) is 0. The third-order valence-electron chi connectivity index (χ3n) is 3.54. The van der Waals surface area contributed by atoms with Crippen molar-refractivity contribution >= 4 is 34.2 Å². The van der Waals surface area contributed by atoms with E-state index in [-0.39, 0.29) is 6.04 Å². The average molecular weight is 414 g/mol. The van der Waals surface area contributed by atoms with E-state index in [9.17, 15) is 0 Å². The number of benzene rings is 2. The SMILES string of the molecule is CCCc1ccc(C(NCC)c2ccc(I)c(Cl)c2)cc1. The van der Waals surface area contributed by atoms with Crippen molar-refractivity contribution in [2.45, 2.75) is 32.7 Å². The molecule has 0 aliphatic carbocycles. The molecule has 0 heterocycles. The maximum atomic E-state index is 6.28. The monoisotopic (exact) mass is 413 g/mol. The molecule has 0 aromatic heterocycles. The fourth-order valence-electron chi connectivity index (χ4n) is 2.49. The van der Waals surface area contributed by atoms with E-state index in [0.717, 1.165) is 21.6 Å². The Hall–Kier alpha value is -0.580. The van der Waals surface area contributed by atoms with Gasteiger partial charge in [-0.15, -0.1) is 0 Å². The van der Waals surface area contributed by atoms with E-state index in [1.807, 2.05) is 0 Å². The van der Waals surface area contributed by atoms with Gasteiger partial charge in [0.25, 0.3) is 0 Å².